The van der Waals surface area contributed by atoms with Gasteiger partial charge in [0.15, 0.2) is 17.4 Å². The maximum Gasteiger partial charge on any atom is 0.326 e. The van der Waals surface area contributed by atoms with Crippen molar-refractivity contribution in [3.05, 3.63) is 22.8 Å². The number of rotatable bonds is 2. The lowest BCUT2D eigenvalue weighted by atomic mass is 9.88. The van der Waals surface area contributed by atoms with Crippen LogP contribution in [0, 0.1) is 11.6 Å². The predicted octanol–water partition coefficient (Wildman–Crippen LogP) is 0.355. The number of aromatic hydroxyl groups is 1. The Morgan fingerprint density at radius 3 is 2.57 bits per heavy atom. The molecule has 126 valence electrons. The summed E-state index contributed by atoms with van der Waals surface area (Å²) in [7, 11) is -2.92. The van der Waals surface area contributed by atoms with Crippen molar-refractivity contribution in [1.82, 2.24) is 4.72 Å². The lowest BCUT2D eigenvalue weighted by molar-refractivity contribution is -0.117. The highest BCUT2D eigenvalue weighted by molar-refractivity contribution is 7.92. The zero-order valence-corrected chi connectivity index (χ0v) is 12.9. The maximum absolute atomic E-state index is 14.8. The number of carbonyl (C=O) groups excluding carboxylic acids is 1. The van der Waals surface area contributed by atoms with Crippen molar-refractivity contribution in [1.29, 1.82) is 0 Å². The molecule has 7 nitrogen and oxygen atoms in total. The third-order valence-corrected chi connectivity index (χ3v) is 5.46. The Hall–Kier alpha value is -1.94. The van der Waals surface area contributed by atoms with Gasteiger partial charge in [0.05, 0.1) is 6.10 Å². The highest BCUT2D eigenvalue weighted by Crippen LogP contribution is 2.42. The van der Waals surface area contributed by atoms with Crippen molar-refractivity contribution in [2.24, 2.45) is 0 Å². The van der Waals surface area contributed by atoms with E-state index < -0.39 is 45.7 Å². The first kappa shape index (κ1) is 15.9. The molecule has 2 aliphatic rings. The Morgan fingerprint density at radius 1 is 1.30 bits per heavy atom. The zero-order valence-electron chi connectivity index (χ0n) is 12.1. The molecule has 0 bridgehead atoms. The Morgan fingerprint density at radius 2 is 2.00 bits per heavy atom. The fourth-order valence-electron chi connectivity index (χ4n) is 2.94. The number of ether oxygens (including phenoxy) is 1. The summed E-state index contributed by atoms with van der Waals surface area (Å²) in [6.07, 6.45) is 0.343. The Labute approximate surface area is 131 Å². The normalized spacial score (nSPS) is 22.8. The van der Waals surface area contributed by atoms with Gasteiger partial charge in [0, 0.05) is 13.5 Å². The van der Waals surface area contributed by atoms with Gasteiger partial charge in [-0.3, -0.25) is 4.79 Å². The molecule has 1 aliphatic carbocycles. The number of methoxy groups -OCH3 is 1. The number of hydrogen-bond donors (Lipinski definition) is 2. The van der Waals surface area contributed by atoms with E-state index in [9.17, 15) is 27.1 Å². The number of nitrogens with zero attached hydrogens (tertiary/aromatic N) is 1. The fraction of sp³-hybridized carbons (Fsp3) is 0.462. The average Bonchev–Trinajstić information content (AvgIpc) is 2.77. The number of hydrogen-bond acceptors (Lipinski definition) is 5. The second-order valence-corrected chi connectivity index (χ2v) is 7.01. The van der Waals surface area contributed by atoms with E-state index in [1.165, 1.54) is 7.11 Å². The molecule has 1 heterocycles. The van der Waals surface area contributed by atoms with E-state index >= 15 is 0 Å². The maximum atomic E-state index is 14.8. The molecule has 0 spiro atoms. The summed E-state index contributed by atoms with van der Waals surface area (Å²) < 4.78 is 60.0. The monoisotopic (exact) mass is 348 g/mol. The van der Waals surface area contributed by atoms with Crippen LogP contribution >= 0.6 is 0 Å². The van der Waals surface area contributed by atoms with E-state index in [1.54, 1.807) is 4.72 Å². The number of phenolic OH excluding ortho intramolecular Hbond substituents is 1. The number of amides is 1. The quantitative estimate of drug-likeness (QED) is 0.804. The largest absolute Gasteiger partial charge is 0.503 e. The third kappa shape index (κ3) is 2.41. The lowest BCUT2D eigenvalue weighted by Gasteiger charge is -2.27. The van der Waals surface area contributed by atoms with Gasteiger partial charge in [-0.05, 0) is 24.0 Å². The highest BCUT2D eigenvalue weighted by atomic mass is 32.2. The van der Waals surface area contributed by atoms with E-state index in [2.05, 4.69) is 0 Å². The average molecular weight is 348 g/mol. The number of phenols is 1. The Kier molecular flexibility index (Phi) is 3.68. The van der Waals surface area contributed by atoms with Gasteiger partial charge in [-0.1, -0.05) is 0 Å². The number of halogens is 2. The minimum Gasteiger partial charge on any atom is -0.503 e. The molecule has 0 aromatic heterocycles. The summed E-state index contributed by atoms with van der Waals surface area (Å²) in [5.74, 6) is -4.13. The molecule has 0 saturated carbocycles. The zero-order chi connectivity index (χ0) is 16.9. The van der Waals surface area contributed by atoms with Crippen LogP contribution in [0.3, 0.4) is 0 Å². The molecule has 0 radical (unpaired) electrons. The first-order chi connectivity index (χ1) is 10.8. The van der Waals surface area contributed by atoms with Gasteiger partial charge in [-0.25, -0.2) is 17.8 Å². The van der Waals surface area contributed by atoms with Crippen LogP contribution in [-0.2, 0) is 32.6 Å². The van der Waals surface area contributed by atoms with Crippen LogP contribution in [0.15, 0.2) is 0 Å². The molecule has 3 rings (SSSR count). The summed E-state index contributed by atoms with van der Waals surface area (Å²) in [5, 5.41) is 9.94. The van der Waals surface area contributed by atoms with Gasteiger partial charge in [-0.15, -0.1) is 0 Å². The molecule has 1 saturated heterocycles. The van der Waals surface area contributed by atoms with E-state index in [0.29, 0.717) is 10.7 Å². The number of fused-ring (bicyclic) bond motifs is 1. The molecule has 1 aliphatic heterocycles. The lowest BCUT2D eigenvalue weighted by Crippen LogP contribution is -2.32. The van der Waals surface area contributed by atoms with Gasteiger partial charge in [0.25, 0.3) is 5.91 Å². The molecule has 1 amide bonds. The van der Waals surface area contributed by atoms with Crippen LogP contribution in [0.5, 0.6) is 5.75 Å². The minimum absolute atomic E-state index is 0.00734. The van der Waals surface area contributed by atoms with E-state index in [0.717, 1.165) is 0 Å². The smallest absolute Gasteiger partial charge is 0.326 e. The minimum atomic E-state index is -4.36. The van der Waals surface area contributed by atoms with Crippen molar-refractivity contribution in [3.63, 3.8) is 0 Å². The van der Waals surface area contributed by atoms with Gasteiger partial charge in [-0.2, -0.15) is 8.42 Å². The van der Waals surface area contributed by atoms with Crippen LogP contribution in [0.4, 0.5) is 14.5 Å². The molecule has 23 heavy (non-hydrogen) atoms. The van der Waals surface area contributed by atoms with Crippen molar-refractivity contribution in [2.75, 3.05) is 18.0 Å². The molecule has 1 unspecified atom stereocenters. The standard InChI is InChI=1S/C13H14F2N2O5S/c1-22-6-2-3-7-8(4-6)10(14)12(13(19)11(7)15)17-5-9(18)16-23(17,20)21/h6,19H,2-5H2,1H3,(H,16,18). The van der Waals surface area contributed by atoms with Crippen molar-refractivity contribution >= 4 is 21.8 Å². The first-order valence-electron chi connectivity index (χ1n) is 6.84. The number of carbonyl (C=O) groups is 1. The van der Waals surface area contributed by atoms with Crippen LogP contribution in [0.1, 0.15) is 17.5 Å². The SMILES string of the molecule is COC1CCc2c(F)c(O)c(N3CC(=O)NS3(=O)=O)c(F)c2C1. The van der Waals surface area contributed by atoms with Gasteiger partial charge in [0.2, 0.25) is 0 Å². The highest BCUT2D eigenvalue weighted by Gasteiger charge is 2.40. The fourth-order valence-corrected chi connectivity index (χ4v) is 4.10. The van der Waals surface area contributed by atoms with Crippen molar-refractivity contribution in [3.8, 4) is 5.75 Å². The van der Waals surface area contributed by atoms with Gasteiger partial charge < -0.3 is 9.84 Å². The van der Waals surface area contributed by atoms with E-state index in [1.807, 2.05) is 0 Å². The Bertz CT molecular complexity index is 796. The first-order valence-corrected chi connectivity index (χ1v) is 8.28. The summed E-state index contributed by atoms with van der Waals surface area (Å²) in [6, 6.07) is 0. The summed E-state index contributed by atoms with van der Waals surface area (Å²) in [4.78, 5) is 11.3. The van der Waals surface area contributed by atoms with Crippen LogP contribution in [-0.4, -0.2) is 39.2 Å². The van der Waals surface area contributed by atoms with Crippen LogP contribution in [0.2, 0.25) is 0 Å². The topological polar surface area (TPSA) is 95.9 Å². The van der Waals surface area contributed by atoms with E-state index in [4.69, 9.17) is 4.74 Å². The molecule has 1 fully saturated rings. The number of anilines is 1. The summed E-state index contributed by atoms with van der Waals surface area (Å²) in [5.41, 5.74) is -0.882. The third-order valence-electron chi connectivity index (χ3n) is 4.09. The molecule has 2 N–H and O–H groups in total. The molecule has 1 atom stereocenters. The van der Waals surface area contributed by atoms with E-state index in [-0.39, 0.29) is 30.1 Å². The summed E-state index contributed by atoms with van der Waals surface area (Å²) in [6.45, 7) is -0.723. The Balaban J connectivity index is 2.19. The molecule has 1 aromatic rings. The van der Waals surface area contributed by atoms with Crippen LogP contribution < -0.4 is 9.03 Å². The second kappa shape index (κ2) is 5.31. The second-order valence-electron chi connectivity index (χ2n) is 5.42. The predicted molar refractivity (Wildman–Crippen MR) is 75.3 cm³/mol. The molecule has 1 aromatic carbocycles. The molecule has 10 heteroatoms. The van der Waals surface area contributed by atoms with Crippen molar-refractivity contribution in [2.45, 2.75) is 25.4 Å². The van der Waals surface area contributed by atoms with Gasteiger partial charge >= 0.3 is 10.2 Å². The van der Waals surface area contributed by atoms with Crippen molar-refractivity contribution < 1.29 is 31.8 Å². The number of nitrogens with one attached hydrogen (secondary N) is 1. The molecular weight excluding hydrogens is 334 g/mol. The van der Waals surface area contributed by atoms with Crippen LogP contribution in [0.25, 0.3) is 0 Å². The molecular formula is C13H14F2N2O5S. The summed E-state index contributed by atoms with van der Waals surface area (Å²) >= 11 is 0. The van der Waals surface area contributed by atoms with Gasteiger partial charge in [0.1, 0.15) is 12.2 Å². The number of benzene rings is 1.